The second kappa shape index (κ2) is 2.79. The van der Waals surface area contributed by atoms with Gasteiger partial charge in [-0.3, -0.25) is 0 Å². The lowest BCUT2D eigenvalue weighted by Crippen LogP contribution is -2.06. The van der Waals surface area contributed by atoms with Gasteiger partial charge in [0, 0.05) is 12.1 Å². The van der Waals surface area contributed by atoms with Crippen molar-refractivity contribution in [3.8, 4) is 0 Å². The molecule has 0 aliphatic heterocycles. The number of nitrogen functional groups attached to an aromatic ring is 1. The van der Waals surface area contributed by atoms with E-state index in [-0.39, 0.29) is 0 Å². The van der Waals surface area contributed by atoms with Gasteiger partial charge in [-0.15, -0.1) is 0 Å². The van der Waals surface area contributed by atoms with Gasteiger partial charge < -0.3 is 11.1 Å². The quantitative estimate of drug-likeness (QED) is 0.680. The van der Waals surface area contributed by atoms with Crippen molar-refractivity contribution in [3.63, 3.8) is 0 Å². The fourth-order valence-electron chi connectivity index (χ4n) is 0.910. The van der Waals surface area contributed by atoms with Crippen LogP contribution in [0.4, 0.5) is 11.8 Å². The second-order valence-corrected chi connectivity index (χ2v) is 3.25. The average molecular weight is 185 g/mol. The molecule has 0 saturated heterocycles. The van der Waals surface area contributed by atoms with Crippen molar-refractivity contribution in [3.05, 3.63) is 11.2 Å². The number of aromatic nitrogens is 2. The van der Waals surface area contributed by atoms with E-state index < -0.39 is 0 Å². The van der Waals surface area contributed by atoms with Crippen molar-refractivity contribution in [2.75, 3.05) is 11.1 Å². The van der Waals surface area contributed by atoms with Crippen molar-refractivity contribution in [1.82, 2.24) is 9.97 Å². The zero-order valence-electron chi connectivity index (χ0n) is 6.42. The minimum absolute atomic E-state index is 0.380. The van der Waals surface area contributed by atoms with Gasteiger partial charge >= 0.3 is 0 Å². The molecule has 0 bridgehead atoms. The van der Waals surface area contributed by atoms with E-state index in [9.17, 15) is 0 Å². The van der Waals surface area contributed by atoms with Crippen LogP contribution in [0.5, 0.6) is 0 Å². The van der Waals surface area contributed by atoms with Crippen LogP contribution in [-0.2, 0) is 0 Å². The Kier molecular flexibility index (Phi) is 1.77. The van der Waals surface area contributed by atoms with Crippen molar-refractivity contribution in [2.24, 2.45) is 0 Å². The highest BCUT2D eigenvalue weighted by Gasteiger charge is 2.21. The number of hydrogen-bond acceptors (Lipinski definition) is 4. The smallest absolute Gasteiger partial charge is 0.226 e. The number of nitrogens with zero attached hydrogens (tertiary/aromatic N) is 2. The van der Waals surface area contributed by atoms with Gasteiger partial charge in [0.25, 0.3) is 0 Å². The molecule has 5 heteroatoms. The number of nitrogens with two attached hydrogens (primary N) is 1. The molecule has 1 saturated carbocycles. The Bertz CT molecular complexity index is 277. The summed E-state index contributed by atoms with van der Waals surface area (Å²) in [5, 5.41) is 3.49. The minimum atomic E-state index is 0.380. The van der Waals surface area contributed by atoms with Crippen LogP contribution in [0.3, 0.4) is 0 Å². The highest BCUT2D eigenvalue weighted by Crippen LogP contribution is 2.23. The average Bonchev–Trinajstić information content (AvgIpc) is 2.68. The third kappa shape index (κ3) is 1.76. The summed E-state index contributed by atoms with van der Waals surface area (Å²) in [6, 6.07) is 2.04. The predicted octanol–water partition coefficient (Wildman–Crippen LogP) is 1.29. The van der Waals surface area contributed by atoms with E-state index in [4.69, 9.17) is 17.3 Å². The molecule has 1 fully saturated rings. The Hall–Kier alpha value is -1.03. The zero-order valence-corrected chi connectivity index (χ0v) is 7.17. The molecule has 0 amide bonds. The fraction of sp³-hybridized carbons (Fsp3) is 0.429. The monoisotopic (exact) mass is 184 g/mol. The predicted molar refractivity (Wildman–Crippen MR) is 48.1 cm³/mol. The zero-order chi connectivity index (χ0) is 8.55. The van der Waals surface area contributed by atoms with E-state index in [2.05, 4.69) is 15.3 Å². The summed E-state index contributed by atoms with van der Waals surface area (Å²) < 4.78 is 0. The van der Waals surface area contributed by atoms with Gasteiger partial charge in [0.15, 0.2) is 0 Å². The van der Waals surface area contributed by atoms with Crippen LogP contribution in [0.15, 0.2) is 6.07 Å². The van der Waals surface area contributed by atoms with E-state index in [1.54, 1.807) is 0 Å². The van der Waals surface area contributed by atoms with E-state index in [1.165, 1.54) is 18.9 Å². The van der Waals surface area contributed by atoms with Gasteiger partial charge in [0.05, 0.1) is 0 Å². The van der Waals surface area contributed by atoms with Gasteiger partial charge in [-0.25, -0.2) is 4.98 Å². The Morgan fingerprint density at radius 2 is 2.25 bits per heavy atom. The van der Waals surface area contributed by atoms with Crippen LogP contribution in [-0.4, -0.2) is 16.0 Å². The topological polar surface area (TPSA) is 63.8 Å². The lowest BCUT2D eigenvalue weighted by molar-refractivity contribution is 1.06. The molecule has 64 valence electrons. The first-order valence-electron chi connectivity index (χ1n) is 3.80. The molecule has 1 aliphatic carbocycles. The van der Waals surface area contributed by atoms with Crippen LogP contribution in [0.25, 0.3) is 0 Å². The molecule has 1 heterocycles. The summed E-state index contributed by atoms with van der Waals surface area (Å²) in [7, 11) is 0. The molecule has 4 nitrogen and oxygen atoms in total. The summed E-state index contributed by atoms with van der Waals surface area (Å²) in [4.78, 5) is 7.96. The van der Waals surface area contributed by atoms with E-state index in [0.29, 0.717) is 23.0 Å². The van der Waals surface area contributed by atoms with Crippen LogP contribution < -0.4 is 11.1 Å². The highest BCUT2D eigenvalue weighted by atomic mass is 35.5. The van der Waals surface area contributed by atoms with Crippen LogP contribution in [0, 0.1) is 0 Å². The van der Waals surface area contributed by atoms with Gasteiger partial charge in [-0.05, 0) is 12.8 Å². The molecule has 3 N–H and O–H groups in total. The molecular formula is C7H9ClN4. The first-order chi connectivity index (χ1) is 5.74. The summed E-state index contributed by atoms with van der Waals surface area (Å²) >= 11 is 5.68. The van der Waals surface area contributed by atoms with E-state index >= 15 is 0 Å². The molecule has 0 aromatic carbocycles. The molecule has 0 atom stereocenters. The molecule has 0 radical (unpaired) electrons. The SMILES string of the molecule is Nc1cc(Cl)nc(NC2CC2)n1. The molecular weight excluding hydrogens is 176 g/mol. The molecule has 1 aromatic rings. The van der Waals surface area contributed by atoms with Gasteiger partial charge in [0.2, 0.25) is 5.95 Å². The third-order valence-corrected chi connectivity index (χ3v) is 1.82. The number of halogens is 1. The number of rotatable bonds is 2. The van der Waals surface area contributed by atoms with Crippen LogP contribution >= 0.6 is 11.6 Å². The van der Waals surface area contributed by atoms with Gasteiger partial charge in [-0.2, -0.15) is 4.98 Å². The summed E-state index contributed by atoms with van der Waals surface area (Å²) in [5.41, 5.74) is 5.48. The molecule has 1 aliphatic rings. The summed E-state index contributed by atoms with van der Waals surface area (Å²) in [6.45, 7) is 0. The van der Waals surface area contributed by atoms with Crippen molar-refractivity contribution in [1.29, 1.82) is 0 Å². The van der Waals surface area contributed by atoms with Crippen molar-refractivity contribution in [2.45, 2.75) is 18.9 Å². The third-order valence-electron chi connectivity index (χ3n) is 1.63. The van der Waals surface area contributed by atoms with Crippen LogP contribution in [0.1, 0.15) is 12.8 Å². The standard InChI is InChI=1S/C7H9ClN4/c8-5-3-6(9)12-7(11-5)10-4-1-2-4/h3-4H,1-2H2,(H3,9,10,11,12). The highest BCUT2D eigenvalue weighted by molar-refractivity contribution is 6.29. The maximum atomic E-state index is 5.68. The van der Waals surface area contributed by atoms with Crippen molar-refractivity contribution >= 4 is 23.4 Å². The number of anilines is 2. The van der Waals surface area contributed by atoms with E-state index in [1.807, 2.05) is 0 Å². The second-order valence-electron chi connectivity index (χ2n) is 2.86. The Morgan fingerprint density at radius 3 is 2.83 bits per heavy atom. The van der Waals surface area contributed by atoms with Crippen LogP contribution in [0.2, 0.25) is 5.15 Å². The maximum absolute atomic E-state index is 5.68. The number of hydrogen-bond donors (Lipinski definition) is 2. The fourth-order valence-corrected chi connectivity index (χ4v) is 1.10. The van der Waals surface area contributed by atoms with Crippen molar-refractivity contribution < 1.29 is 0 Å². The molecule has 2 rings (SSSR count). The molecule has 0 spiro atoms. The maximum Gasteiger partial charge on any atom is 0.226 e. The molecule has 1 aromatic heterocycles. The van der Waals surface area contributed by atoms with Gasteiger partial charge in [-0.1, -0.05) is 11.6 Å². The van der Waals surface area contributed by atoms with Gasteiger partial charge in [0.1, 0.15) is 11.0 Å². The minimum Gasteiger partial charge on any atom is -0.383 e. The normalized spacial score (nSPS) is 16.1. The summed E-state index contributed by atoms with van der Waals surface area (Å²) in [6.07, 6.45) is 2.35. The van der Waals surface area contributed by atoms with E-state index in [0.717, 1.165) is 0 Å². The largest absolute Gasteiger partial charge is 0.383 e. The molecule has 0 unspecified atom stereocenters. The summed E-state index contributed by atoms with van der Waals surface area (Å²) in [5.74, 6) is 0.931. The first kappa shape index (κ1) is 7.61. The lowest BCUT2D eigenvalue weighted by Gasteiger charge is -2.02. The Labute approximate surface area is 75.2 Å². The number of nitrogens with one attached hydrogen (secondary N) is 1. The Morgan fingerprint density at radius 1 is 1.50 bits per heavy atom. The Balaban J connectivity index is 2.18. The molecule has 12 heavy (non-hydrogen) atoms. The lowest BCUT2D eigenvalue weighted by atomic mass is 10.6. The first-order valence-corrected chi connectivity index (χ1v) is 4.18.